The maximum atomic E-state index is 12.2. The van der Waals surface area contributed by atoms with Gasteiger partial charge in [-0.05, 0) is 25.1 Å². The van der Waals surface area contributed by atoms with Gasteiger partial charge in [0, 0.05) is 13.2 Å². The van der Waals surface area contributed by atoms with Crippen molar-refractivity contribution in [1.29, 1.82) is 0 Å². The van der Waals surface area contributed by atoms with Crippen molar-refractivity contribution in [3.63, 3.8) is 0 Å². The van der Waals surface area contributed by atoms with Gasteiger partial charge >= 0.3 is 5.97 Å². The molecule has 21 heavy (non-hydrogen) atoms. The summed E-state index contributed by atoms with van der Waals surface area (Å²) in [6, 6.07) is 3.32. The maximum absolute atomic E-state index is 12.2. The summed E-state index contributed by atoms with van der Waals surface area (Å²) >= 11 is 0. The third-order valence-corrected chi connectivity index (χ3v) is 4.08. The van der Waals surface area contributed by atoms with E-state index in [1.807, 2.05) is 0 Å². The van der Waals surface area contributed by atoms with Crippen LogP contribution in [-0.4, -0.2) is 34.2 Å². The van der Waals surface area contributed by atoms with Crippen LogP contribution in [-0.2, 0) is 17.1 Å². The number of nitrogens with zero attached hydrogens (tertiary/aromatic N) is 2. The summed E-state index contributed by atoms with van der Waals surface area (Å²) in [6.45, 7) is 1.64. The lowest BCUT2D eigenvalue weighted by molar-refractivity contribution is 0.0697. The average molecular weight is 311 g/mol. The van der Waals surface area contributed by atoms with Gasteiger partial charge in [-0.3, -0.25) is 4.72 Å². The largest absolute Gasteiger partial charge is 0.508 e. The van der Waals surface area contributed by atoms with E-state index in [4.69, 9.17) is 5.11 Å². The van der Waals surface area contributed by atoms with Crippen LogP contribution in [0.2, 0.25) is 0 Å². The SMILES string of the molecule is Cc1nc(S(=O)(=O)Nc2ccc(O)cc2C(=O)O)cn1C. The molecule has 0 radical (unpaired) electrons. The van der Waals surface area contributed by atoms with Gasteiger partial charge in [-0.1, -0.05) is 0 Å². The number of aromatic nitrogens is 2. The molecule has 0 saturated carbocycles. The monoisotopic (exact) mass is 311 g/mol. The van der Waals surface area contributed by atoms with Crippen molar-refractivity contribution in [1.82, 2.24) is 9.55 Å². The normalized spacial score (nSPS) is 11.3. The summed E-state index contributed by atoms with van der Waals surface area (Å²) < 4.78 is 28.1. The maximum Gasteiger partial charge on any atom is 0.337 e. The van der Waals surface area contributed by atoms with Crippen LogP contribution in [0.25, 0.3) is 0 Å². The number of carboxylic acid groups (broad SMARTS) is 1. The third-order valence-electron chi connectivity index (χ3n) is 2.84. The molecule has 0 aliphatic heterocycles. The van der Waals surface area contributed by atoms with Crippen molar-refractivity contribution < 1.29 is 23.4 Å². The van der Waals surface area contributed by atoms with E-state index in [1.165, 1.54) is 22.9 Å². The molecule has 0 bridgehead atoms. The Morgan fingerprint density at radius 1 is 1.38 bits per heavy atom. The van der Waals surface area contributed by atoms with Crippen molar-refractivity contribution in [2.24, 2.45) is 7.05 Å². The summed E-state index contributed by atoms with van der Waals surface area (Å²) in [5.41, 5.74) is -0.505. The predicted molar refractivity (Wildman–Crippen MR) is 73.8 cm³/mol. The number of benzene rings is 1. The van der Waals surface area contributed by atoms with E-state index in [0.717, 1.165) is 6.07 Å². The van der Waals surface area contributed by atoms with E-state index >= 15 is 0 Å². The first-order valence-electron chi connectivity index (χ1n) is 5.80. The minimum atomic E-state index is -4.01. The lowest BCUT2D eigenvalue weighted by atomic mass is 10.2. The molecule has 8 nitrogen and oxygen atoms in total. The summed E-state index contributed by atoms with van der Waals surface area (Å²) in [6.07, 6.45) is 1.32. The van der Waals surface area contributed by atoms with E-state index in [0.29, 0.717) is 5.82 Å². The second-order valence-electron chi connectivity index (χ2n) is 4.38. The number of rotatable bonds is 4. The lowest BCUT2D eigenvalue weighted by Crippen LogP contribution is -2.16. The molecule has 3 N–H and O–H groups in total. The molecule has 0 atom stereocenters. The van der Waals surface area contributed by atoms with Crippen molar-refractivity contribution in [2.45, 2.75) is 11.9 Å². The van der Waals surface area contributed by atoms with Gasteiger partial charge in [0.15, 0.2) is 5.03 Å². The first kappa shape index (κ1) is 14.9. The number of aryl methyl sites for hydroxylation is 2. The zero-order chi connectivity index (χ0) is 15.8. The smallest absolute Gasteiger partial charge is 0.337 e. The number of nitrogens with one attached hydrogen (secondary N) is 1. The minimum absolute atomic E-state index is 0.149. The molecule has 2 aromatic rings. The Morgan fingerprint density at radius 2 is 2.05 bits per heavy atom. The van der Waals surface area contributed by atoms with Gasteiger partial charge in [0.2, 0.25) is 0 Å². The number of aromatic carboxylic acids is 1. The van der Waals surface area contributed by atoms with Gasteiger partial charge in [-0.25, -0.2) is 9.78 Å². The number of sulfonamides is 1. The number of carboxylic acids is 1. The standard InChI is InChI=1S/C12H13N3O5S/c1-7-13-11(6-15(7)2)21(19,20)14-10-4-3-8(16)5-9(10)12(17)18/h3-6,14,16H,1-2H3,(H,17,18). The van der Waals surface area contributed by atoms with Crippen molar-refractivity contribution in [3.05, 3.63) is 35.8 Å². The molecule has 1 heterocycles. The average Bonchev–Trinajstić information content (AvgIpc) is 2.72. The molecule has 1 aromatic carbocycles. The molecule has 0 saturated heterocycles. The first-order chi connectivity index (χ1) is 9.70. The number of aromatic hydroxyl groups is 1. The van der Waals surface area contributed by atoms with Gasteiger partial charge in [0.1, 0.15) is 11.6 Å². The van der Waals surface area contributed by atoms with Gasteiger partial charge in [-0.15, -0.1) is 0 Å². The zero-order valence-electron chi connectivity index (χ0n) is 11.2. The highest BCUT2D eigenvalue weighted by Crippen LogP contribution is 2.24. The van der Waals surface area contributed by atoms with Crippen molar-refractivity contribution in [2.75, 3.05) is 4.72 Å². The highest BCUT2D eigenvalue weighted by Gasteiger charge is 2.21. The van der Waals surface area contributed by atoms with Gasteiger partial charge < -0.3 is 14.8 Å². The van der Waals surface area contributed by atoms with Gasteiger partial charge in [-0.2, -0.15) is 8.42 Å². The molecule has 0 amide bonds. The van der Waals surface area contributed by atoms with E-state index in [-0.39, 0.29) is 22.0 Å². The molecule has 0 aliphatic rings. The van der Waals surface area contributed by atoms with Crippen LogP contribution in [0.3, 0.4) is 0 Å². The molecule has 0 aliphatic carbocycles. The van der Waals surface area contributed by atoms with Crippen LogP contribution in [0.5, 0.6) is 5.75 Å². The highest BCUT2D eigenvalue weighted by molar-refractivity contribution is 7.92. The fourth-order valence-electron chi connectivity index (χ4n) is 1.65. The first-order valence-corrected chi connectivity index (χ1v) is 7.28. The molecule has 112 valence electrons. The molecule has 0 spiro atoms. The molecule has 0 unspecified atom stereocenters. The van der Waals surface area contributed by atoms with E-state index in [2.05, 4.69) is 9.71 Å². The Balaban J connectivity index is 2.44. The topological polar surface area (TPSA) is 122 Å². The van der Waals surface area contributed by atoms with Crippen molar-refractivity contribution in [3.8, 4) is 5.75 Å². The molecule has 0 fully saturated rings. The van der Waals surface area contributed by atoms with Gasteiger partial charge in [0.25, 0.3) is 10.0 Å². The molecule has 9 heteroatoms. The van der Waals surface area contributed by atoms with Crippen LogP contribution in [0.1, 0.15) is 16.2 Å². The summed E-state index contributed by atoms with van der Waals surface area (Å²) in [5, 5.41) is 18.1. The second kappa shape index (κ2) is 5.09. The van der Waals surface area contributed by atoms with E-state index in [1.54, 1.807) is 14.0 Å². The van der Waals surface area contributed by atoms with Crippen LogP contribution in [0.15, 0.2) is 29.4 Å². The second-order valence-corrected chi connectivity index (χ2v) is 6.01. The number of carbonyl (C=O) groups is 1. The number of hydrogen-bond acceptors (Lipinski definition) is 5. The van der Waals surface area contributed by atoms with Crippen LogP contribution < -0.4 is 4.72 Å². The Bertz CT molecular complexity index is 791. The number of phenols is 1. The van der Waals surface area contributed by atoms with Crippen LogP contribution in [0.4, 0.5) is 5.69 Å². The van der Waals surface area contributed by atoms with Gasteiger partial charge in [0.05, 0.1) is 11.3 Å². The zero-order valence-corrected chi connectivity index (χ0v) is 12.0. The highest BCUT2D eigenvalue weighted by atomic mass is 32.2. The quantitative estimate of drug-likeness (QED) is 0.722. The molecular formula is C12H13N3O5S. The fourth-order valence-corrected chi connectivity index (χ4v) is 2.77. The molecule has 1 aromatic heterocycles. The molecular weight excluding hydrogens is 298 g/mol. The number of hydrogen-bond donors (Lipinski definition) is 3. The fraction of sp³-hybridized carbons (Fsp3) is 0.167. The van der Waals surface area contributed by atoms with Crippen LogP contribution >= 0.6 is 0 Å². The molecule has 2 rings (SSSR count). The number of imidazole rings is 1. The number of anilines is 1. The Morgan fingerprint density at radius 3 is 2.57 bits per heavy atom. The summed E-state index contributed by atoms with van der Waals surface area (Å²) in [4.78, 5) is 15.0. The Hall–Kier alpha value is -2.55. The minimum Gasteiger partial charge on any atom is -0.508 e. The summed E-state index contributed by atoms with van der Waals surface area (Å²) in [7, 11) is -2.37. The van der Waals surface area contributed by atoms with Crippen LogP contribution in [0, 0.1) is 6.92 Å². The van der Waals surface area contributed by atoms with E-state index in [9.17, 15) is 18.3 Å². The Labute approximate surface area is 120 Å². The summed E-state index contributed by atoms with van der Waals surface area (Å²) in [5.74, 6) is -1.13. The third kappa shape index (κ3) is 2.97. The predicted octanol–water partition coefficient (Wildman–Crippen LogP) is 0.933. The van der Waals surface area contributed by atoms with Crippen molar-refractivity contribution >= 4 is 21.7 Å². The van der Waals surface area contributed by atoms with E-state index < -0.39 is 16.0 Å². The Kier molecular flexibility index (Phi) is 3.60. The lowest BCUT2D eigenvalue weighted by Gasteiger charge is -2.09. The number of phenolic OH excluding ortho intramolecular Hbond substituents is 1.